The molecule has 0 aliphatic carbocycles. The van der Waals surface area contributed by atoms with E-state index in [1.165, 1.54) is 4.90 Å². The van der Waals surface area contributed by atoms with Crippen LogP contribution in [0.5, 0.6) is 5.75 Å². The van der Waals surface area contributed by atoms with Crippen LogP contribution >= 0.6 is 0 Å². The van der Waals surface area contributed by atoms with Crippen LogP contribution < -0.4 is 15.0 Å². The van der Waals surface area contributed by atoms with Gasteiger partial charge in [-0.1, -0.05) is 54.6 Å². The highest BCUT2D eigenvalue weighted by Gasteiger charge is 2.40. The number of rotatable bonds is 6. The molecule has 5 heteroatoms. The Balaban J connectivity index is 1.63. The van der Waals surface area contributed by atoms with Gasteiger partial charge in [0.1, 0.15) is 11.4 Å². The maximum Gasteiger partial charge on any atom is 0.282 e. The number of carbonyl (C=O) groups is 2. The Bertz CT molecular complexity index is 1480. The van der Waals surface area contributed by atoms with Crippen LogP contribution in [0.4, 0.5) is 11.4 Å². The van der Waals surface area contributed by atoms with Crippen molar-refractivity contribution in [2.24, 2.45) is 0 Å². The van der Waals surface area contributed by atoms with E-state index in [1.807, 2.05) is 81.4 Å². The van der Waals surface area contributed by atoms with Gasteiger partial charge in [0, 0.05) is 11.1 Å². The zero-order valence-corrected chi connectivity index (χ0v) is 20.0. The van der Waals surface area contributed by atoms with Gasteiger partial charge in [-0.15, -0.1) is 0 Å². The summed E-state index contributed by atoms with van der Waals surface area (Å²) in [5, 5.41) is 5.34. The molecule has 0 saturated heterocycles. The van der Waals surface area contributed by atoms with Gasteiger partial charge in [0.05, 0.1) is 17.9 Å². The van der Waals surface area contributed by atoms with E-state index in [1.54, 1.807) is 24.3 Å². The molecule has 0 atom stereocenters. The normalized spacial score (nSPS) is 13.6. The molecule has 4 aromatic rings. The molecule has 35 heavy (non-hydrogen) atoms. The lowest BCUT2D eigenvalue weighted by Gasteiger charge is -2.16. The molecule has 5 nitrogen and oxygen atoms in total. The van der Waals surface area contributed by atoms with Crippen LogP contribution in [-0.4, -0.2) is 18.4 Å². The molecular weight excluding hydrogens is 436 g/mol. The van der Waals surface area contributed by atoms with Gasteiger partial charge in [-0.25, -0.2) is 4.90 Å². The first kappa shape index (κ1) is 22.4. The first-order valence-electron chi connectivity index (χ1n) is 11.7. The maximum atomic E-state index is 13.8. The van der Waals surface area contributed by atoms with Crippen LogP contribution in [0.1, 0.15) is 23.6 Å². The summed E-state index contributed by atoms with van der Waals surface area (Å²) in [5.41, 5.74) is 4.79. The predicted molar refractivity (Wildman–Crippen MR) is 141 cm³/mol. The molecule has 1 aliphatic rings. The molecule has 174 valence electrons. The Labute approximate surface area is 204 Å². The lowest BCUT2D eigenvalue weighted by atomic mass is 9.99. The number of nitrogens with one attached hydrogen (secondary N) is 1. The quantitative estimate of drug-likeness (QED) is 0.344. The first-order chi connectivity index (χ1) is 17.0. The van der Waals surface area contributed by atoms with Crippen molar-refractivity contribution < 1.29 is 14.3 Å². The summed E-state index contributed by atoms with van der Waals surface area (Å²) < 4.78 is 5.52. The summed E-state index contributed by atoms with van der Waals surface area (Å²) in [5.74, 6) is -0.0581. The van der Waals surface area contributed by atoms with E-state index in [2.05, 4.69) is 5.32 Å². The molecule has 0 aromatic heterocycles. The number of anilines is 2. The van der Waals surface area contributed by atoms with Crippen molar-refractivity contribution in [3.05, 3.63) is 107 Å². The zero-order chi connectivity index (χ0) is 24.5. The highest BCUT2D eigenvalue weighted by Crippen LogP contribution is 2.36. The molecule has 4 aromatic carbocycles. The smallest absolute Gasteiger partial charge is 0.282 e. The van der Waals surface area contributed by atoms with Crippen molar-refractivity contribution in [1.29, 1.82) is 0 Å². The predicted octanol–water partition coefficient (Wildman–Crippen LogP) is 6.25. The zero-order valence-electron chi connectivity index (χ0n) is 20.0. The summed E-state index contributed by atoms with van der Waals surface area (Å²) in [7, 11) is 0. The van der Waals surface area contributed by atoms with E-state index in [0.717, 1.165) is 27.6 Å². The molecule has 0 saturated carbocycles. The van der Waals surface area contributed by atoms with Crippen molar-refractivity contribution in [2.75, 3.05) is 16.8 Å². The molecular formula is C30H26N2O3. The topological polar surface area (TPSA) is 58.6 Å². The highest BCUT2D eigenvalue weighted by molar-refractivity contribution is 6.46. The minimum Gasteiger partial charge on any atom is -0.494 e. The molecule has 2 amide bonds. The third kappa shape index (κ3) is 4.06. The summed E-state index contributed by atoms with van der Waals surface area (Å²) in [6.45, 7) is 6.48. The fourth-order valence-corrected chi connectivity index (χ4v) is 4.37. The second kappa shape index (κ2) is 9.11. The Hall–Kier alpha value is -4.38. The molecule has 0 spiro atoms. The number of ether oxygens (including phenoxy) is 1. The fourth-order valence-electron chi connectivity index (χ4n) is 4.37. The Morgan fingerprint density at radius 1 is 0.800 bits per heavy atom. The van der Waals surface area contributed by atoms with Crippen LogP contribution in [0.15, 0.2) is 90.6 Å². The number of hydrogen-bond acceptors (Lipinski definition) is 4. The van der Waals surface area contributed by atoms with E-state index in [4.69, 9.17) is 4.74 Å². The Morgan fingerprint density at radius 3 is 2.29 bits per heavy atom. The summed E-state index contributed by atoms with van der Waals surface area (Å²) >= 11 is 0. The monoisotopic (exact) mass is 462 g/mol. The second-order valence-corrected chi connectivity index (χ2v) is 8.57. The van der Waals surface area contributed by atoms with Crippen LogP contribution in [0.3, 0.4) is 0 Å². The van der Waals surface area contributed by atoms with E-state index in [-0.39, 0.29) is 17.5 Å². The number of aryl methyl sites for hydroxylation is 2. The number of nitrogens with zero attached hydrogens (tertiary/aromatic N) is 1. The van der Waals surface area contributed by atoms with E-state index in [9.17, 15) is 9.59 Å². The average molecular weight is 463 g/mol. The van der Waals surface area contributed by atoms with Crippen LogP contribution in [0.25, 0.3) is 16.3 Å². The minimum atomic E-state index is -0.389. The molecule has 1 heterocycles. The fraction of sp³-hybridized carbons (Fsp3) is 0.133. The van der Waals surface area contributed by atoms with Gasteiger partial charge in [0.25, 0.3) is 11.8 Å². The van der Waals surface area contributed by atoms with Crippen LogP contribution in [-0.2, 0) is 9.59 Å². The first-order valence-corrected chi connectivity index (χ1v) is 11.7. The molecule has 0 unspecified atom stereocenters. The SMILES string of the molecule is CCOc1ccc(N2C(=O)C(Nc3cccc4ccccc34)=C(c3ccc(C)c(C)c3)C2=O)cc1. The summed E-state index contributed by atoms with van der Waals surface area (Å²) in [4.78, 5) is 28.8. The van der Waals surface area contributed by atoms with Gasteiger partial charge in [0.2, 0.25) is 0 Å². The van der Waals surface area contributed by atoms with Crippen molar-refractivity contribution in [1.82, 2.24) is 0 Å². The lowest BCUT2D eigenvalue weighted by molar-refractivity contribution is -0.120. The standard InChI is InChI=1S/C30H26N2O3/c1-4-35-24-16-14-23(15-17-24)32-29(33)27(22-13-12-19(2)20(3)18-22)28(30(32)34)31-26-11-7-9-21-8-5-6-10-25(21)26/h5-18,31H,4H2,1-3H3. The number of carbonyl (C=O) groups excluding carboxylic acids is 2. The van der Waals surface area contributed by atoms with E-state index >= 15 is 0 Å². The number of benzene rings is 4. The van der Waals surface area contributed by atoms with Crippen molar-refractivity contribution in [3.63, 3.8) is 0 Å². The molecule has 1 aliphatic heterocycles. The number of fused-ring (bicyclic) bond motifs is 1. The van der Waals surface area contributed by atoms with Crippen molar-refractivity contribution in [3.8, 4) is 5.75 Å². The highest BCUT2D eigenvalue weighted by atomic mass is 16.5. The molecule has 0 fully saturated rings. The molecule has 0 radical (unpaired) electrons. The van der Waals surface area contributed by atoms with Gasteiger partial charge in [-0.05, 0) is 73.2 Å². The van der Waals surface area contributed by atoms with E-state index in [0.29, 0.717) is 29.2 Å². The number of imide groups is 1. The Morgan fingerprint density at radius 2 is 1.54 bits per heavy atom. The maximum absolute atomic E-state index is 13.8. The van der Waals surface area contributed by atoms with Crippen LogP contribution in [0.2, 0.25) is 0 Å². The lowest BCUT2D eigenvalue weighted by Crippen LogP contribution is -2.32. The number of hydrogen-bond donors (Lipinski definition) is 1. The van der Waals surface area contributed by atoms with Crippen LogP contribution in [0, 0.1) is 13.8 Å². The largest absolute Gasteiger partial charge is 0.494 e. The van der Waals surface area contributed by atoms with Gasteiger partial charge in [-0.2, -0.15) is 0 Å². The minimum absolute atomic E-state index is 0.267. The van der Waals surface area contributed by atoms with Gasteiger partial charge >= 0.3 is 0 Å². The van der Waals surface area contributed by atoms with Gasteiger partial charge in [0.15, 0.2) is 0 Å². The average Bonchev–Trinajstić information content (AvgIpc) is 3.11. The van der Waals surface area contributed by atoms with Gasteiger partial charge in [-0.3, -0.25) is 9.59 Å². The van der Waals surface area contributed by atoms with Gasteiger partial charge < -0.3 is 10.1 Å². The van der Waals surface area contributed by atoms with Crippen molar-refractivity contribution in [2.45, 2.75) is 20.8 Å². The summed E-state index contributed by atoms with van der Waals surface area (Å²) in [6.07, 6.45) is 0. The third-order valence-electron chi connectivity index (χ3n) is 6.33. The molecule has 1 N–H and O–H groups in total. The Kier molecular flexibility index (Phi) is 5.83. The van der Waals surface area contributed by atoms with Crippen molar-refractivity contribution >= 4 is 39.5 Å². The summed E-state index contributed by atoms with van der Waals surface area (Å²) in [6, 6.07) is 26.7. The second-order valence-electron chi connectivity index (χ2n) is 8.57. The molecule has 5 rings (SSSR count). The van der Waals surface area contributed by atoms with E-state index < -0.39 is 0 Å². The number of amides is 2. The third-order valence-corrected chi connectivity index (χ3v) is 6.33. The molecule has 0 bridgehead atoms.